The lowest BCUT2D eigenvalue weighted by molar-refractivity contribution is -0.144. The highest BCUT2D eigenvalue weighted by atomic mass is 32.1. The Balaban J connectivity index is 1.73. The van der Waals surface area contributed by atoms with Gasteiger partial charge in [0.25, 0.3) is 0 Å². The second kappa shape index (κ2) is 14.6. The zero-order chi connectivity index (χ0) is 29.2. The van der Waals surface area contributed by atoms with E-state index in [4.69, 9.17) is 5.11 Å². The standard InChI is InChI=1S/C24H35N7O8S/c32-19(33)6-5-15(28-20(34)14-3-1-7-26-14)23(37)31-8-2-4-18(31)22(36)29-16(9-13-10-25-12-27-13)21(35)30-17(11-40)24(38)39/h10,12,14-18,26,40H,1-9,11H2,(H,25,27)(H,28,34)(H,29,36)(H,30,35)(H,32,33)(H,38,39)/t14-,15-,16-,17-,18-/m0/s1. The highest BCUT2D eigenvalue weighted by molar-refractivity contribution is 7.80. The van der Waals surface area contributed by atoms with Crippen molar-refractivity contribution in [2.45, 2.75) is 75.2 Å². The number of carboxylic acid groups (broad SMARTS) is 2. The van der Waals surface area contributed by atoms with Crippen LogP contribution in [0.5, 0.6) is 0 Å². The Hall–Kier alpha value is -3.66. The summed E-state index contributed by atoms with van der Waals surface area (Å²) in [5.74, 6) is -4.97. The number of carboxylic acids is 2. The summed E-state index contributed by atoms with van der Waals surface area (Å²) in [5.41, 5.74) is 0.509. The summed E-state index contributed by atoms with van der Waals surface area (Å²) in [6.45, 7) is 0.866. The van der Waals surface area contributed by atoms with Crippen LogP contribution >= 0.6 is 12.6 Å². The maximum absolute atomic E-state index is 13.5. The molecular formula is C24H35N7O8S. The molecule has 0 saturated carbocycles. The van der Waals surface area contributed by atoms with Crippen molar-refractivity contribution >= 4 is 48.2 Å². The van der Waals surface area contributed by atoms with Crippen molar-refractivity contribution in [3.05, 3.63) is 18.2 Å². The van der Waals surface area contributed by atoms with Crippen molar-refractivity contribution in [2.24, 2.45) is 0 Å². The first-order valence-electron chi connectivity index (χ1n) is 13.1. The summed E-state index contributed by atoms with van der Waals surface area (Å²) in [6.07, 6.45) is 4.47. The molecule has 220 valence electrons. The molecular weight excluding hydrogens is 546 g/mol. The number of imidazole rings is 1. The van der Waals surface area contributed by atoms with Gasteiger partial charge in [0.1, 0.15) is 24.2 Å². The van der Waals surface area contributed by atoms with Gasteiger partial charge in [-0.3, -0.25) is 24.0 Å². The van der Waals surface area contributed by atoms with Crippen LogP contribution < -0.4 is 21.3 Å². The van der Waals surface area contributed by atoms with E-state index in [1.54, 1.807) is 0 Å². The molecule has 0 radical (unpaired) electrons. The second-order valence-corrected chi connectivity index (χ2v) is 10.1. The quantitative estimate of drug-likeness (QED) is 0.113. The fourth-order valence-electron chi connectivity index (χ4n) is 4.76. The van der Waals surface area contributed by atoms with Gasteiger partial charge < -0.3 is 41.4 Å². The van der Waals surface area contributed by atoms with Crippen molar-refractivity contribution in [1.29, 1.82) is 0 Å². The Morgan fingerprint density at radius 3 is 2.38 bits per heavy atom. The normalized spacial score (nSPS) is 20.8. The lowest BCUT2D eigenvalue weighted by atomic mass is 10.1. The lowest BCUT2D eigenvalue weighted by Crippen LogP contribution is -2.58. The van der Waals surface area contributed by atoms with Gasteiger partial charge in [-0.15, -0.1) is 0 Å². The van der Waals surface area contributed by atoms with E-state index in [0.29, 0.717) is 25.1 Å². The van der Waals surface area contributed by atoms with Crippen LogP contribution in [0.3, 0.4) is 0 Å². The van der Waals surface area contributed by atoms with Crippen molar-refractivity contribution in [1.82, 2.24) is 36.1 Å². The highest BCUT2D eigenvalue weighted by Crippen LogP contribution is 2.20. The number of nitrogens with one attached hydrogen (secondary N) is 5. The average molecular weight is 582 g/mol. The molecule has 3 rings (SSSR count). The molecule has 1 aromatic rings. The molecule has 0 bridgehead atoms. The van der Waals surface area contributed by atoms with E-state index in [9.17, 15) is 33.9 Å². The molecule has 15 nitrogen and oxygen atoms in total. The number of rotatable bonds is 14. The molecule has 0 aliphatic carbocycles. The summed E-state index contributed by atoms with van der Waals surface area (Å²) >= 11 is 3.95. The number of carbonyl (C=O) groups excluding carboxylic acids is 4. The predicted molar refractivity (Wildman–Crippen MR) is 142 cm³/mol. The fraction of sp³-hybridized carbons (Fsp3) is 0.625. The number of aromatic amines is 1. The molecule has 4 amide bonds. The second-order valence-electron chi connectivity index (χ2n) is 9.76. The maximum Gasteiger partial charge on any atom is 0.327 e. The van der Waals surface area contributed by atoms with Crippen LogP contribution in [0.4, 0.5) is 0 Å². The smallest absolute Gasteiger partial charge is 0.327 e. The summed E-state index contributed by atoms with van der Waals surface area (Å²) in [7, 11) is 0. The van der Waals surface area contributed by atoms with Crippen molar-refractivity contribution in [3.63, 3.8) is 0 Å². The van der Waals surface area contributed by atoms with Crippen LogP contribution in [-0.4, -0.2) is 110 Å². The van der Waals surface area contributed by atoms with E-state index in [1.165, 1.54) is 17.4 Å². The zero-order valence-corrected chi connectivity index (χ0v) is 22.7. The van der Waals surface area contributed by atoms with E-state index in [-0.39, 0.29) is 38.0 Å². The molecule has 0 aromatic carbocycles. The molecule has 16 heteroatoms. The first-order chi connectivity index (χ1) is 19.1. The van der Waals surface area contributed by atoms with Crippen molar-refractivity contribution < 1.29 is 39.0 Å². The van der Waals surface area contributed by atoms with Gasteiger partial charge in [0.2, 0.25) is 23.6 Å². The maximum atomic E-state index is 13.5. The number of likely N-dealkylation sites (tertiary alicyclic amines) is 1. The number of aliphatic carboxylic acids is 2. The summed E-state index contributed by atoms with van der Waals surface area (Å²) in [6, 6.07) is -5.07. The van der Waals surface area contributed by atoms with Gasteiger partial charge in [-0.2, -0.15) is 12.6 Å². The SMILES string of the molecule is O=C(O)CC[C@H](NC(=O)[C@@H]1CCCN1)C(=O)N1CCC[C@H]1C(=O)N[C@@H](Cc1cnc[nH]1)C(=O)N[C@@H](CS)C(=O)O. The van der Waals surface area contributed by atoms with Gasteiger partial charge >= 0.3 is 11.9 Å². The highest BCUT2D eigenvalue weighted by Gasteiger charge is 2.40. The molecule has 0 unspecified atom stereocenters. The molecule has 0 spiro atoms. The molecule has 5 atom stereocenters. The molecule has 2 fully saturated rings. The number of H-pyrrole nitrogens is 1. The Morgan fingerprint density at radius 1 is 1.02 bits per heavy atom. The third-order valence-electron chi connectivity index (χ3n) is 6.89. The molecule has 3 heterocycles. The minimum Gasteiger partial charge on any atom is -0.481 e. The minimum absolute atomic E-state index is 0.0250. The predicted octanol–water partition coefficient (Wildman–Crippen LogP) is -1.97. The molecule has 40 heavy (non-hydrogen) atoms. The van der Waals surface area contributed by atoms with Crippen molar-refractivity contribution in [3.8, 4) is 0 Å². The number of nitrogens with zero attached hydrogens (tertiary/aromatic N) is 2. The van der Waals surface area contributed by atoms with E-state index in [2.05, 4.69) is 43.9 Å². The number of aromatic nitrogens is 2. The fourth-order valence-corrected chi connectivity index (χ4v) is 5.01. The van der Waals surface area contributed by atoms with Crippen LogP contribution in [0.1, 0.15) is 44.2 Å². The van der Waals surface area contributed by atoms with Crippen LogP contribution in [0.15, 0.2) is 12.5 Å². The molecule has 2 saturated heterocycles. The number of hydrogen-bond donors (Lipinski definition) is 8. The Morgan fingerprint density at radius 2 is 1.77 bits per heavy atom. The number of carbonyl (C=O) groups is 6. The summed E-state index contributed by atoms with van der Waals surface area (Å²) < 4.78 is 0. The van der Waals surface area contributed by atoms with Crippen LogP contribution in [0, 0.1) is 0 Å². The number of amides is 4. The number of hydrogen-bond acceptors (Lipinski definition) is 9. The van der Waals surface area contributed by atoms with E-state index in [0.717, 1.165) is 6.42 Å². The first kappa shape index (κ1) is 30.9. The Labute approximate surface area is 235 Å². The minimum atomic E-state index is -1.29. The van der Waals surface area contributed by atoms with Crippen LogP contribution in [0.25, 0.3) is 0 Å². The summed E-state index contributed by atoms with van der Waals surface area (Å²) in [5, 5.41) is 29.1. The molecule has 7 N–H and O–H groups in total. The largest absolute Gasteiger partial charge is 0.481 e. The third-order valence-corrected chi connectivity index (χ3v) is 7.25. The van der Waals surface area contributed by atoms with Crippen LogP contribution in [0.2, 0.25) is 0 Å². The van der Waals surface area contributed by atoms with E-state index >= 15 is 0 Å². The van der Waals surface area contributed by atoms with Gasteiger partial charge in [0.15, 0.2) is 0 Å². The number of thiol groups is 1. The zero-order valence-electron chi connectivity index (χ0n) is 21.8. The summed E-state index contributed by atoms with van der Waals surface area (Å²) in [4.78, 5) is 83.2. The Kier molecular flexibility index (Phi) is 11.3. The van der Waals surface area contributed by atoms with Crippen LogP contribution in [-0.2, 0) is 35.2 Å². The molecule has 2 aliphatic rings. The molecule has 1 aromatic heterocycles. The third kappa shape index (κ3) is 8.42. The lowest BCUT2D eigenvalue weighted by Gasteiger charge is -2.30. The van der Waals surface area contributed by atoms with Crippen molar-refractivity contribution in [2.75, 3.05) is 18.8 Å². The van der Waals surface area contributed by atoms with Gasteiger partial charge in [-0.05, 0) is 38.6 Å². The van der Waals surface area contributed by atoms with Gasteiger partial charge in [0.05, 0.1) is 12.4 Å². The van der Waals surface area contributed by atoms with Gasteiger partial charge in [-0.25, -0.2) is 9.78 Å². The van der Waals surface area contributed by atoms with E-state index in [1.807, 2.05) is 0 Å². The molecule has 2 aliphatic heterocycles. The topological polar surface area (TPSA) is 223 Å². The van der Waals surface area contributed by atoms with E-state index < -0.39 is 65.8 Å². The monoisotopic (exact) mass is 581 g/mol. The van der Waals surface area contributed by atoms with Gasteiger partial charge in [0, 0.05) is 37.0 Å². The van der Waals surface area contributed by atoms with Gasteiger partial charge in [-0.1, -0.05) is 0 Å². The average Bonchev–Trinajstić information content (AvgIpc) is 3.71. The first-order valence-corrected chi connectivity index (χ1v) is 13.7. The Bertz CT molecular complexity index is 1080.